The molecule has 2 rings (SSSR count). The molecule has 0 aromatic carbocycles. The molecule has 2 saturated carbocycles. The molecule has 2 aliphatic rings. The molecular weight excluding hydrogens is 112 g/mol. The minimum Gasteiger partial charge on any atom is -0.381 e. The quantitative estimate of drug-likeness (QED) is 0.520. The van der Waals surface area contributed by atoms with Gasteiger partial charge in [-0.2, -0.15) is 0 Å². The molecule has 0 bridgehead atoms. The number of methoxy groups -OCH3 is 1. The van der Waals surface area contributed by atoms with Crippen molar-refractivity contribution in [3.05, 3.63) is 0 Å². The van der Waals surface area contributed by atoms with Gasteiger partial charge in [0.1, 0.15) is 0 Å². The molecule has 2 aliphatic carbocycles. The summed E-state index contributed by atoms with van der Waals surface area (Å²) >= 11 is 0. The third-order valence-electron chi connectivity index (χ3n) is 3.11. The van der Waals surface area contributed by atoms with E-state index in [1.807, 2.05) is 7.11 Å². The zero-order chi connectivity index (χ0) is 6.48. The fourth-order valence-corrected chi connectivity index (χ4v) is 2.22. The average Bonchev–Trinajstić information content (AvgIpc) is 2.33. The smallest absolute Gasteiger partial charge is 0.0579 e. The summed E-state index contributed by atoms with van der Waals surface area (Å²) in [5, 5.41) is 0. The van der Waals surface area contributed by atoms with Gasteiger partial charge >= 0.3 is 0 Å². The van der Waals surface area contributed by atoms with Gasteiger partial charge < -0.3 is 4.74 Å². The normalized spacial score (nSPS) is 55.3. The van der Waals surface area contributed by atoms with Gasteiger partial charge in [0.2, 0.25) is 0 Å². The summed E-state index contributed by atoms with van der Waals surface area (Å²) in [6.45, 7) is 2.39. The van der Waals surface area contributed by atoms with Gasteiger partial charge in [0.05, 0.1) is 6.10 Å². The van der Waals surface area contributed by atoms with Gasteiger partial charge in [-0.15, -0.1) is 0 Å². The molecule has 0 amide bonds. The van der Waals surface area contributed by atoms with Crippen molar-refractivity contribution in [2.75, 3.05) is 7.11 Å². The SMILES string of the molecule is COC1CC2CC2(C)C1. The second-order valence-corrected chi connectivity index (χ2v) is 3.85. The molecule has 0 N–H and O–H groups in total. The van der Waals surface area contributed by atoms with Gasteiger partial charge in [-0.25, -0.2) is 0 Å². The van der Waals surface area contributed by atoms with E-state index in [-0.39, 0.29) is 0 Å². The Morgan fingerprint density at radius 3 is 2.56 bits per heavy atom. The minimum absolute atomic E-state index is 0.591. The lowest BCUT2D eigenvalue weighted by atomic mass is 10.1. The van der Waals surface area contributed by atoms with E-state index in [2.05, 4.69) is 6.92 Å². The first kappa shape index (κ1) is 5.72. The van der Waals surface area contributed by atoms with Crippen LogP contribution in [0.1, 0.15) is 26.2 Å². The first-order valence-electron chi connectivity index (χ1n) is 3.77. The maximum absolute atomic E-state index is 5.28. The van der Waals surface area contributed by atoms with Crippen LogP contribution in [0.2, 0.25) is 0 Å². The monoisotopic (exact) mass is 126 g/mol. The zero-order valence-corrected chi connectivity index (χ0v) is 6.18. The molecule has 0 aromatic heterocycles. The highest BCUT2D eigenvalue weighted by Crippen LogP contribution is 2.63. The zero-order valence-electron chi connectivity index (χ0n) is 6.18. The summed E-state index contributed by atoms with van der Waals surface area (Å²) in [6.07, 6.45) is 4.70. The van der Waals surface area contributed by atoms with Gasteiger partial charge in [0.25, 0.3) is 0 Å². The molecular formula is C8H14O. The number of ether oxygens (including phenoxy) is 1. The van der Waals surface area contributed by atoms with Crippen molar-refractivity contribution in [2.45, 2.75) is 32.3 Å². The molecule has 0 radical (unpaired) electrons. The highest BCUT2D eigenvalue weighted by atomic mass is 16.5. The molecule has 3 unspecified atom stereocenters. The number of rotatable bonds is 1. The Hall–Kier alpha value is -0.0400. The summed E-state index contributed by atoms with van der Waals surface area (Å²) < 4.78 is 5.28. The summed E-state index contributed by atoms with van der Waals surface area (Å²) in [4.78, 5) is 0. The van der Waals surface area contributed by atoms with Crippen LogP contribution in [0.25, 0.3) is 0 Å². The van der Waals surface area contributed by atoms with Crippen LogP contribution >= 0.6 is 0 Å². The first-order valence-corrected chi connectivity index (χ1v) is 3.77. The van der Waals surface area contributed by atoms with Crippen LogP contribution in [-0.4, -0.2) is 13.2 Å². The minimum atomic E-state index is 0.591. The predicted octanol–water partition coefficient (Wildman–Crippen LogP) is 1.82. The molecule has 1 heteroatoms. The number of fused-ring (bicyclic) bond motifs is 1. The largest absolute Gasteiger partial charge is 0.381 e. The topological polar surface area (TPSA) is 9.23 Å². The Labute approximate surface area is 56.4 Å². The van der Waals surface area contributed by atoms with Crippen molar-refractivity contribution in [3.63, 3.8) is 0 Å². The molecule has 3 atom stereocenters. The molecule has 52 valence electrons. The van der Waals surface area contributed by atoms with Crippen LogP contribution < -0.4 is 0 Å². The molecule has 2 fully saturated rings. The first-order chi connectivity index (χ1) is 4.24. The van der Waals surface area contributed by atoms with Gasteiger partial charge in [0.15, 0.2) is 0 Å². The van der Waals surface area contributed by atoms with Crippen LogP contribution in [0.4, 0.5) is 0 Å². The lowest BCUT2D eigenvalue weighted by molar-refractivity contribution is 0.0931. The van der Waals surface area contributed by atoms with E-state index in [4.69, 9.17) is 4.74 Å². The van der Waals surface area contributed by atoms with E-state index in [1.54, 1.807) is 0 Å². The van der Waals surface area contributed by atoms with Gasteiger partial charge in [-0.05, 0) is 30.6 Å². The van der Waals surface area contributed by atoms with Crippen molar-refractivity contribution >= 4 is 0 Å². The lowest BCUT2D eigenvalue weighted by Gasteiger charge is -2.10. The van der Waals surface area contributed by atoms with Crippen molar-refractivity contribution in [1.82, 2.24) is 0 Å². The summed E-state index contributed by atoms with van der Waals surface area (Å²) in [7, 11) is 1.83. The maximum atomic E-state index is 5.28. The van der Waals surface area contributed by atoms with Gasteiger partial charge in [-0.3, -0.25) is 0 Å². The number of hydrogen-bond acceptors (Lipinski definition) is 1. The van der Waals surface area contributed by atoms with E-state index in [1.165, 1.54) is 19.3 Å². The standard InChI is InChI=1S/C8H14O/c1-8-4-6(8)3-7(5-8)9-2/h6-7H,3-5H2,1-2H3. The van der Waals surface area contributed by atoms with E-state index >= 15 is 0 Å². The highest BCUT2D eigenvalue weighted by molar-refractivity contribution is 5.06. The molecule has 9 heavy (non-hydrogen) atoms. The van der Waals surface area contributed by atoms with Crippen molar-refractivity contribution < 1.29 is 4.74 Å². The summed E-state index contributed by atoms with van der Waals surface area (Å²) in [5.41, 5.74) is 0.709. The fourth-order valence-electron chi connectivity index (χ4n) is 2.22. The van der Waals surface area contributed by atoms with Crippen LogP contribution in [0.5, 0.6) is 0 Å². The Morgan fingerprint density at radius 2 is 2.22 bits per heavy atom. The summed E-state index contributed by atoms with van der Waals surface area (Å²) in [6, 6.07) is 0. The van der Waals surface area contributed by atoms with Gasteiger partial charge in [-0.1, -0.05) is 6.92 Å². The maximum Gasteiger partial charge on any atom is 0.0579 e. The second kappa shape index (κ2) is 1.51. The third-order valence-corrected chi connectivity index (χ3v) is 3.11. The van der Waals surface area contributed by atoms with Crippen LogP contribution in [-0.2, 0) is 4.74 Å². The number of hydrogen-bond donors (Lipinski definition) is 0. The predicted molar refractivity (Wildman–Crippen MR) is 36.2 cm³/mol. The van der Waals surface area contributed by atoms with Crippen LogP contribution in [0, 0.1) is 11.3 Å². The van der Waals surface area contributed by atoms with Crippen molar-refractivity contribution in [1.29, 1.82) is 0 Å². The Balaban J connectivity index is 1.98. The molecule has 1 nitrogen and oxygen atoms in total. The van der Waals surface area contributed by atoms with E-state index in [0.29, 0.717) is 11.5 Å². The average molecular weight is 126 g/mol. The molecule has 0 aliphatic heterocycles. The highest BCUT2D eigenvalue weighted by Gasteiger charge is 2.56. The third kappa shape index (κ3) is 0.710. The molecule has 0 heterocycles. The van der Waals surface area contributed by atoms with E-state index in [0.717, 1.165) is 5.92 Å². The van der Waals surface area contributed by atoms with Crippen LogP contribution in [0.15, 0.2) is 0 Å². The van der Waals surface area contributed by atoms with E-state index in [9.17, 15) is 0 Å². The Bertz CT molecular complexity index is 133. The van der Waals surface area contributed by atoms with Crippen molar-refractivity contribution in [3.8, 4) is 0 Å². The van der Waals surface area contributed by atoms with Crippen LogP contribution in [0.3, 0.4) is 0 Å². The Morgan fingerprint density at radius 1 is 1.44 bits per heavy atom. The summed E-state index contributed by atoms with van der Waals surface area (Å²) in [5.74, 6) is 1.02. The second-order valence-electron chi connectivity index (χ2n) is 3.85. The fraction of sp³-hybridized carbons (Fsp3) is 1.00. The molecule has 0 saturated heterocycles. The van der Waals surface area contributed by atoms with Crippen molar-refractivity contribution in [2.24, 2.45) is 11.3 Å². The Kier molecular flexibility index (Phi) is 0.963. The lowest BCUT2D eigenvalue weighted by Crippen LogP contribution is -2.08. The van der Waals surface area contributed by atoms with Gasteiger partial charge in [0, 0.05) is 7.11 Å². The molecule has 0 spiro atoms. The van der Waals surface area contributed by atoms with E-state index < -0.39 is 0 Å². The molecule has 0 aromatic rings.